The summed E-state index contributed by atoms with van der Waals surface area (Å²) in [6.45, 7) is 3.23. The average molecular weight is 579 g/mol. The van der Waals surface area contributed by atoms with Crippen LogP contribution in [-0.4, -0.2) is 78.3 Å². The second kappa shape index (κ2) is 10.7. The number of benzene rings is 2. The van der Waals surface area contributed by atoms with Crippen LogP contribution in [0.5, 0.6) is 0 Å². The number of nitrogens with one attached hydrogen (secondary N) is 1. The van der Waals surface area contributed by atoms with Gasteiger partial charge in [0.15, 0.2) is 5.82 Å². The number of terminal acetylenes is 1. The summed E-state index contributed by atoms with van der Waals surface area (Å²) in [6.07, 6.45) is 11.7. The molecule has 3 saturated heterocycles. The molecule has 0 spiro atoms. The van der Waals surface area contributed by atoms with Gasteiger partial charge in [-0.25, -0.2) is 13.8 Å². The first kappa shape index (κ1) is 27.5. The van der Waals surface area contributed by atoms with E-state index in [1.165, 1.54) is 12.1 Å². The van der Waals surface area contributed by atoms with Crippen molar-refractivity contribution in [2.24, 2.45) is 0 Å². The molecule has 7 rings (SSSR count). The van der Waals surface area contributed by atoms with Crippen molar-refractivity contribution in [1.29, 1.82) is 5.26 Å². The first-order valence-electron chi connectivity index (χ1n) is 14.8. The lowest BCUT2D eigenvalue weighted by atomic mass is 9.94. The minimum absolute atomic E-state index is 0.000869. The van der Waals surface area contributed by atoms with E-state index in [1.807, 2.05) is 7.05 Å². The summed E-state index contributed by atoms with van der Waals surface area (Å²) < 4.78 is 31.7. The SMILES string of the molecule is C#Cc1c(F)ccc2cc(C#N)cc(-c3ncc4c(N(C)C[C@H]5CCCN5)nc(N5CC6CCC(C5)N6C)nc4c3F)c12. The number of nitrogens with zero attached hydrogens (tertiary/aromatic N) is 7. The number of nitriles is 1. The number of pyridine rings is 1. The molecule has 2 aromatic carbocycles. The molecule has 0 amide bonds. The van der Waals surface area contributed by atoms with Crippen LogP contribution in [0, 0.1) is 35.3 Å². The van der Waals surface area contributed by atoms with Crippen molar-refractivity contribution in [2.75, 3.05) is 50.1 Å². The van der Waals surface area contributed by atoms with Gasteiger partial charge in [-0.15, -0.1) is 6.42 Å². The molecule has 0 radical (unpaired) electrons. The second-order valence-electron chi connectivity index (χ2n) is 12.0. The average Bonchev–Trinajstić information content (AvgIpc) is 3.58. The van der Waals surface area contributed by atoms with Gasteiger partial charge in [-0.3, -0.25) is 9.88 Å². The predicted octanol–water partition coefficient (Wildman–Crippen LogP) is 4.45. The number of fused-ring (bicyclic) bond motifs is 4. The van der Waals surface area contributed by atoms with E-state index in [0.717, 1.165) is 45.3 Å². The molecule has 2 unspecified atom stereocenters. The first-order valence-corrected chi connectivity index (χ1v) is 14.8. The van der Waals surface area contributed by atoms with Gasteiger partial charge in [0.2, 0.25) is 5.95 Å². The van der Waals surface area contributed by atoms with Crippen molar-refractivity contribution in [3.8, 4) is 29.7 Å². The number of hydrogen-bond donors (Lipinski definition) is 1. The molecule has 3 aliphatic heterocycles. The van der Waals surface area contributed by atoms with Gasteiger partial charge in [0.25, 0.3) is 0 Å². The van der Waals surface area contributed by atoms with E-state index in [2.05, 4.69) is 44.0 Å². The number of halogens is 2. The van der Waals surface area contributed by atoms with Gasteiger partial charge in [-0.1, -0.05) is 12.0 Å². The smallest absolute Gasteiger partial charge is 0.228 e. The largest absolute Gasteiger partial charge is 0.357 e. The maximum absolute atomic E-state index is 16.8. The minimum atomic E-state index is -0.657. The van der Waals surface area contributed by atoms with Crippen LogP contribution < -0.4 is 15.1 Å². The van der Waals surface area contributed by atoms with Gasteiger partial charge in [0.1, 0.15) is 22.8 Å². The molecule has 10 heteroatoms. The van der Waals surface area contributed by atoms with Crippen molar-refractivity contribution >= 4 is 33.4 Å². The second-order valence-corrected chi connectivity index (χ2v) is 12.0. The molecule has 0 aliphatic carbocycles. The van der Waals surface area contributed by atoms with Crippen molar-refractivity contribution in [1.82, 2.24) is 25.2 Å². The van der Waals surface area contributed by atoms with E-state index in [9.17, 15) is 9.65 Å². The Hall–Kier alpha value is -4.38. The third-order valence-electron chi connectivity index (χ3n) is 9.40. The Morgan fingerprint density at radius 1 is 1.14 bits per heavy atom. The summed E-state index contributed by atoms with van der Waals surface area (Å²) in [7, 11) is 4.14. The van der Waals surface area contributed by atoms with E-state index >= 15 is 4.39 Å². The van der Waals surface area contributed by atoms with Gasteiger partial charge in [0.05, 0.1) is 22.6 Å². The van der Waals surface area contributed by atoms with Crippen LogP contribution in [0.25, 0.3) is 32.9 Å². The first-order chi connectivity index (χ1) is 20.9. The zero-order valence-electron chi connectivity index (χ0n) is 24.2. The summed E-state index contributed by atoms with van der Waals surface area (Å²) in [5, 5.41) is 14.6. The third-order valence-corrected chi connectivity index (χ3v) is 9.40. The Morgan fingerprint density at radius 2 is 1.93 bits per heavy atom. The van der Waals surface area contributed by atoms with E-state index in [0.29, 0.717) is 58.2 Å². The molecule has 0 saturated carbocycles. The molecule has 4 aromatic rings. The van der Waals surface area contributed by atoms with E-state index in [-0.39, 0.29) is 22.3 Å². The van der Waals surface area contributed by atoms with Gasteiger partial charge in [-0.05, 0) is 62.9 Å². The molecule has 2 aromatic heterocycles. The monoisotopic (exact) mass is 578 g/mol. The number of aromatic nitrogens is 3. The third kappa shape index (κ3) is 4.62. The summed E-state index contributed by atoms with van der Waals surface area (Å²) in [6, 6.07) is 9.16. The van der Waals surface area contributed by atoms with Gasteiger partial charge < -0.3 is 15.1 Å². The van der Waals surface area contributed by atoms with Crippen LogP contribution in [0.15, 0.2) is 30.5 Å². The highest BCUT2D eigenvalue weighted by molar-refractivity contribution is 6.03. The zero-order valence-corrected chi connectivity index (χ0v) is 24.2. The lowest BCUT2D eigenvalue weighted by molar-refractivity contribution is 0.211. The van der Waals surface area contributed by atoms with Gasteiger partial charge >= 0.3 is 0 Å². The van der Waals surface area contributed by atoms with Crippen LogP contribution in [-0.2, 0) is 0 Å². The molecule has 8 nitrogen and oxygen atoms in total. The number of anilines is 2. The van der Waals surface area contributed by atoms with E-state index < -0.39 is 11.6 Å². The molecule has 3 fully saturated rings. The highest BCUT2D eigenvalue weighted by Gasteiger charge is 2.39. The molecule has 3 atom stereocenters. The number of rotatable bonds is 5. The quantitative estimate of drug-likeness (QED) is 0.348. The Kier molecular flexibility index (Phi) is 6.84. The summed E-state index contributed by atoms with van der Waals surface area (Å²) in [4.78, 5) is 21.0. The number of hydrogen-bond acceptors (Lipinski definition) is 8. The lowest BCUT2D eigenvalue weighted by Gasteiger charge is -2.39. The summed E-state index contributed by atoms with van der Waals surface area (Å²) >= 11 is 0. The molecular formula is C33H32F2N8. The lowest BCUT2D eigenvalue weighted by Crippen LogP contribution is -2.52. The van der Waals surface area contributed by atoms with Crippen LogP contribution in [0.2, 0.25) is 0 Å². The maximum Gasteiger partial charge on any atom is 0.228 e. The Bertz CT molecular complexity index is 1820. The molecule has 2 bridgehead atoms. The van der Waals surface area contributed by atoms with E-state index in [1.54, 1.807) is 18.3 Å². The fraction of sp³-hybridized carbons (Fsp3) is 0.394. The summed E-state index contributed by atoms with van der Waals surface area (Å²) in [5.41, 5.74) is 0.643. The minimum Gasteiger partial charge on any atom is -0.357 e. The number of likely N-dealkylation sites (N-methyl/N-ethyl adjacent to an activating group) is 2. The van der Waals surface area contributed by atoms with Crippen LogP contribution >= 0.6 is 0 Å². The van der Waals surface area contributed by atoms with Crippen LogP contribution in [0.1, 0.15) is 36.8 Å². The van der Waals surface area contributed by atoms with Crippen molar-refractivity contribution in [3.63, 3.8) is 0 Å². The Morgan fingerprint density at radius 3 is 2.63 bits per heavy atom. The van der Waals surface area contributed by atoms with E-state index in [4.69, 9.17) is 16.4 Å². The van der Waals surface area contributed by atoms with Crippen molar-refractivity contribution in [2.45, 2.75) is 43.8 Å². The predicted molar refractivity (Wildman–Crippen MR) is 164 cm³/mol. The standard InChI is InChI=1S/C33H32F2N8/c1-4-24-27(34)10-7-20-12-19(14-36)13-25(28(20)24)30-29(35)31-26(15-38-30)32(41(2)16-21-6-5-11-37-21)40-33(39-31)43-17-22-8-9-23(18-43)42(22)3/h1,7,10,12-13,15,21-23,37H,5-6,8-9,11,16-18H2,2-3H3/t21-,22?,23?/m1/s1. The molecule has 1 N–H and O–H groups in total. The van der Waals surface area contributed by atoms with Gasteiger partial charge in [0, 0.05) is 62.0 Å². The van der Waals surface area contributed by atoms with Crippen LogP contribution in [0.3, 0.4) is 0 Å². The normalized spacial score (nSPS) is 21.8. The highest BCUT2D eigenvalue weighted by atomic mass is 19.1. The van der Waals surface area contributed by atoms with Crippen LogP contribution in [0.4, 0.5) is 20.5 Å². The van der Waals surface area contributed by atoms with Crippen molar-refractivity contribution in [3.05, 3.63) is 53.2 Å². The highest BCUT2D eigenvalue weighted by Crippen LogP contribution is 2.38. The van der Waals surface area contributed by atoms with Gasteiger partial charge in [-0.2, -0.15) is 10.2 Å². The maximum atomic E-state index is 16.8. The van der Waals surface area contributed by atoms with Crippen molar-refractivity contribution < 1.29 is 8.78 Å². The molecule has 218 valence electrons. The Labute approximate surface area is 249 Å². The molecular weight excluding hydrogens is 546 g/mol. The zero-order chi connectivity index (χ0) is 29.8. The fourth-order valence-corrected chi connectivity index (χ4v) is 7.09. The summed E-state index contributed by atoms with van der Waals surface area (Å²) in [5.74, 6) is 2.26. The molecule has 43 heavy (non-hydrogen) atoms. The fourth-order valence-electron chi connectivity index (χ4n) is 7.09. The Balaban J connectivity index is 1.43. The number of piperazine rings is 1. The molecule has 3 aliphatic rings. The topological polar surface area (TPSA) is 84.2 Å². The molecule has 5 heterocycles.